The largest absolute Gasteiger partial charge is 0.497 e. The van der Waals surface area contributed by atoms with Crippen molar-refractivity contribution in [3.05, 3.63) is 29.8 Å². The number of ketones is 1. The molecule has 1 aromatic heterocycles. The molecule has 1 aromatic carbocycles. The molecule has 0 unspecified atom stereocenters. The van der Waals surface area contributed by atoms with Crippen molar-refractivity contribution in [1.29, 1.82) is 0 Å². The zero-order chi connectivity index (χ0) is 19.6. The topological polar surface area (TPSA) is 107 Å². The highest BCUT2D eigenvalue weighted by molar-refractivity contribution is 8.01. The van der Waals surface area contributed by atoms with Gasteiger partial charge in [-0.05, 0) is 31.2 Å². The van der Waals surface area contributed by atoms with Crippen LogP contribution in [-0.4, -0.2) is 47.3 Å². The number of esters is 1. The van der Waals surface area contributed by atoms with Crippen LogP contribution in [0.2, 0.25) is 0 Å². The number of rotatable bonds is 10. The van der Waals surface area contributed by atoms with E-state index in [9.17, 15) is 14.4 Å². The number of nitrogens with zero attached hydrogens (tertiary/aromatic N) is 2. The van der Waals surface area contributed by atoms with Crippen molar-refractivity contribution in [3.63, 3.8) is 0 Å². The van der Waals surface area contributed by atoms with Gasteiger partial charge in [0.2, 0.25) is 11.0 Å². The summed E-state index contributed by atoms with van der Waals surface area (Å²) in [7, 11) is 1.56. The van der Waals surface area contributed by atoms with Gasteiger partial charge in [-0.3, -0.25) is 14.4 Å². The first-order chi connectivity index (χ1) is 13.0. The number of hydrogen-bond donors (Lipinski definition) is 1. The van der Waals surface area contributed by atoms with Crippen LogP contribution in [0.5, 0.6) is 5.75 Å². The summed E-state index contributed by atoms with van der Waals surface area (Å²) in [6.45, 7) is 1.99. The number of methoxy groups -OCH3 is 1. The van der Waals surface area contributed by atoms with Crippen LogP contribution < -0.4 is 10.1 Å². The molecule has 0 saturated heterocycles. The van der Waals surface area contributed by atoms with Crippen LogP contribution >= 0.6 is 23.1 Å². The average molecular weight is 409 g/mol. The summed E-state index contributed by atoms with van der Waals surface area (Å²) in [6, 6.07) is 6.87. The Hall–Kier alpha value is -2.46. The zero-order valence-corrected chi connectivity index (χ0v) is 16.5. The van der Waals surface area contributed by atoms with Crippen molar-refractivity contribution in [2.24, 2.45) is 0 Å². The first-order valence-corrected chi connectivity index (χ1v) is 9.91. The first kappa shape index (κ1) is 20.8. The predicted octanol–water partition coefficient (Wildman–Crippen LogP) is 2.80. The lowest BCUT2D eigenvalue weighted by atomic mass is 10.1. The van der Waals surface area contributed by atoms with Crippen molar-refractivity contribution in [1.82, 2.24) is 10.2 Å². The summed E-state index contributed by atoms with van der Waals surface area (Å²) in [5.41, 5.74) is 0.584. The van der Waals surface area contributed by atoms with Crippen molar-refractivity contribution in [2.45, 2.75) is 24.1 Å². The van der Waals surface area contributed by atoms with Gasteiger partial charge in [0, 0.05) is 12.0 Å². The van der Waals surface area contributed by atoms with Crippen LogP contribution in [0.1, 0.15) is 30.1 Å². The number of anilines is 1. The Bertz CT molecular complexity index is 792. The summed E-state index contributed by atoms with van der Waals surface area (Å²) in [4.78, 5) is 35.2. The van der Waals surface area contributed by atoms with Crippen LogP contribution in [0.3, 0.4) is 0 Å². The molecule has 0 bridgehead atoms. The van der Waals surface area contributed by atoms with E-state index in [4.69, 9.17) is 9.47 Å². The van der Waals surface area contributed by atoms with Gasteiger partial charge < -0.3 is 14.8 Å². The van der Waals surface area contributed by atoms with Crippen molar-refractivity contribution in [3.8, 4) is 5.75 Å². The molecule has 27 heavy (non-hydrogen) atoms. The van der Waals surface area contributed by atoms with Crippen LogP contribution in [0.15, 0.2) is 28.6 Å². The SMILES string of the molecule is CCOC(=O)CCC(=O)Nc1nnc(SCC(=O)c2ccc(OC)cc2)s1. The lowest BCUT2D eigenvalue weighted by Crippen LogP contribution is -2.14. The highest BCUT2D eigenvalue weighted by Crippen LogP contribution is 2.26. The van der Waals surface area contributed by atoms with Crippen LogP contribution in [0, 0.1) is 0 Å². The van der Waals surface area contributed by atoms with E-state index in [1.165, 1.54) is 23.1 Å². The number of benzene rings is 1. The third-order valence-electron chi connectivity index (χ3n) is 3.25. The molecule has 0 aliphatic rings. The van der Waals surface area contributed by atoms with Crippen molar-refractivity contribution >= 4 is 45.9 Å². The Labute approximate surface area is 164 Å². The third-order valence-corrected chi connectivity index (χ3v) is 5.23. The zero-order valence-electron chi connectivity index (χ0n) is 14.9. The van der Waals surface area contributed by atoms with E-state index in [0.29, 0.717) is 20.8 Å². The summed E-state index contributed by atoms with van der Waals surface area (Å²) >= 11 is 2.41. The normalized spacial score (nSPS) is 10.3. The van der Waals surface area contributed by atoms with E-state index in [-0.39, 0.29) is 36.9 Å². The number of carbonyl (C=O) groups is 3. The molecule has 0 aliphatic carbocycles. The van der Waals surface area contributed by atoms with E-state index in [2.05, 4.69) is 15.5 Å². The molecule has 0 saturated carbocycles. The number of nitrogens with one attached hydrogen (secondary N) is 1. The predicted molar refractivity (Wildman–Crippen MR) is 102 cm³/mol. The van der Waals surface area contributed by atoms with Crippen molar-refractivity contribution < 1.29 is 23.9 Å². The number of amides is 1. The van der Waals surface area contributed by atoms with Gasteiger partial charge in [0.1, 0.15) is 5.75 Å². The molecule has 2 rings (SSSR count). The molecule has 0 aliphatic heterocycles. The van der Waals surface area contributed by atoms with Gasteiger partial charge in [-0.2, -0.15) is 0 Å². The van der Waals surface area contributed by atoms with Gasteiger partial charge in [0.15, 0.2) is 10.1 Å². The fourth-order valence-electron chi connectivity index (χ4n) is 1.94. The molecule has 1 heterocycles. The number of thioether (sulfide) groups is 1. The Morgan fingerprint density at radius 3 is 2.56 bits per heavy atom. The van der Waals surface area contributed by atoms with E-state index < -0.39 is 5.97 Å². The van der Waals surface area contributed by atoms with E-state index in [1.807, 2.05) is 0 Å². The number of hydrogen-bond acceptors (Lipinski definition) is 9. The molecule has 1 N–H and O–H groups in total. The van der Waals surface area contributed by atoms with E-state index in [0.717, 1.165) is 0 Å². The number of carbonyl (C=O) groups excluding carboxylic acids is 3. The summed E-state index contributed by atoms with van der Waals surface area (Å²) in [5, 5.41) is 10.7. The van der Waals surface area contributed by atoms with Gasteiger partial charge in [-0.15, -0.1) is 10.2 Å². The summed E-state index contributed by atoms with van der Waals surface area (Å²) < 4.78 is 10.4. The third kappa shape index (κ3) is 6.99. The molecule has 144 valence electrons. The quantitative estimate of drug-likeness (QED) is 0.276. The Kier molecular flexibility index (Phi) is 8.21. The molecule has 0 atom stereocenters. The Morgan fingerprint density at radius 2 is 1.89 bits per heavy atom. The fraction of sp³-hybridized carbons (Fsp3) is 0.353. The average Bonchev–Trinajstić information content (AvgIpc) is 3.12. The lowest BCUT2D eigenvalue weighted by molar-refractivity contribution is -0.144. The number of ether oxygens (including phenoxy) is 2. The maximum absolute atomic E-state index is 12.2. The monoisotopic (exact) mass is 409 g/mol. The fourth-order valence-corrected chi connectivity index (χ4v) is 3.60. The van der Waals surface area contributed by atoms with Gasteiger partial charge in [-0.1, -0.05) is 23.1 Å². The second-order valence-electron chi connectivity index (χ2n) is 5.17. The van der Waals surface area contributed by atoms with E-state index in [1.54, 1.807) is 38.3 Å². The lowest BCUT2D eigenvalue weighted by Gasteiger charge is -2.02. The molecule has 0 radical (unpaired) electrons. The minimum atomic E-state index is -0.418. The van der Waals surface area contributed by atoms with Crippen LogP contribution in [0.25, 0.3) is 0 Å². The second-order valence-corrected chi connectivity index (χ2v) is 7.37. The molecular weight excluding hydrogens is 390 g/mol. The maximum atomic E-state index is 12.2. The van der Waals surface area contributed by atoms with Crippen molar-refractivity contribution in [2.75, 3.05) is 24.8 Å². The minimum absolute atomic E-state index is 0.0104. The van der Waals surface area contributed by atoms with E-state index >= 15 is 0 Å². The molecular formula is C17H19N3O5S2. The van der Waals surface area contributed by atoms with Gasteiger partial charge >= 0.3 is 5.97 Å². The molecule has 2 aromatic rings. The second kappa shape index (κ2) is 10.6. The molecule has 0 spiro atoms. The first-order valence-electron chi connectivity index (χ1n) is 8.10. The van der Waals surface area contributed by atoms with Gasteiger partial charge in [-0.25, -0.2) is 0 Å². The van der Waals surface area contributed by atoms with Crippen LogP contribution in [-0.2, 0) is 14.3 Å². The maximum Gasteiger partial charge on any atom is 0.306 e. The van der Waals surface area contributed by atoms with Crippen LogP contribution in [0.4, 0.5) is 5.13 Å². The standard InChI is InChI=1S/C17H19N3O5S2/c1-3-25-15(23)9-8-14(22)18-16-19-20-17(27-16)26-10-13(21)11-4-6-12(24-2)7-5-11/h4-7H,3,8-10H2,1-2H3,(H,18,19,22). The summed E-state index contributed by atoms with van der Waals surface area (Å²) in [5.74, 6) is 0.0883. The molecule has 10 heteroatoms. The molecule has 8 nitrogen and oxygen atoms in total. The smallest absolute Gasteiger partial charge is 0.306 e. The number of Topliss-reactive ketones (excluding diaryl/α,β-unsaturated/α-hetero) is 1. The number of aromatic nitrogens is 2. The van der Waals surface area contributed by atoms with Gasteiger partial charge in [0.05, 0.1) is 25.9 Å². The Balaban J connectivity index is 1.78. The minimum Gasteiger partial charge on any atom is -0.497 e. The Morgan fingerprint density at radius 1 is 1.15 bits per heavy atom. The molecule has 1 amide bonds. The highest BCUT2D eigenvalue weighted by Gasteiger charge is 2.13. The molecule has 0 fully saturated rings. The van der Waals surface area contributed by atoms with Gasteiger partial charge in [0.25, 0.3) is 0 Å². The highest BCUT2D eigenvalue weighted by atomic mass is 32.2. The summed E-state index contributed by atoms with van der Waals surface area (Å²) in [6.07, 6.45) is 0.0211.